The molecule has 0 aliphatic rings. The minimum Gasteiger partial charge on any atom is -0.352 e. The molecule has 0 fully saturated rings. The molecule has 2 heterocycles. The summed E-state index contributed by atoms with van der Waals surface area (Å²) in [4.78, 5) is 4.23. The average molecular weight is 557 g/mol. The molecule has 0 bridgehead atoms. The van der Waals surface area contributed by atoms with Crippen molar-refractivity contribution in [3.8, 4) is 0 Å². The monoisotopic (exact) mass is 557 g/mol. The van der Waals surface area contributed by atoms with Crippen LogP contribution in [0.15, 0.2) is 53.7 Å². The lowest BCUT2D eigenvalue weighted by Gasteiger charge is -2.12. The van der Waals surface area contributed by atoms with E-state index in [1.54, 1.807) is 20.9 Å². The van der Waals surface area contributed by atoms with Gasteiger partial charge in [0.15, 0.2) is 17.4 Å². The SMILES string of the molecule is CN=C(NCc1ccc(CS(=O)(=O)NC(C)C)cc1)NCc1nnc2ccccn12.I. The van der Waals surface area contributed by atoms with Gasteiger partial charge in [0.2, 0.25) is 10.0 Å². The number of halogens is 1. The number of hydrogen-bond donors (Lipinski definition) is 3. The molecule has 0 atom stereocenters. The van der Waals surface area contributed by atoms with Crippen LogP contribution in [0.4, 0.5) is 0 Å². The fourth-order valence-corrected chi connectivity index (χ4v) is 4.39. The molecule has 31 heavy (non-hydrogen) atoms. The van der Waals surface area contributed by atoms with E-state index in [0.717, 1.165) is 22.6 Å². The summed E-state index contributed by atoms with van der Waals surface area (Å²) in [6.07, 6.45) is 1.92. The summed E-state index contributed by atoms with van der Waals surface area (Å²) >= 11 is 0. The third-order valence-electron chi connectivity index (χ3n) is 4.28. The van der Waals surface area contributed by atoms with Crippen molar-refractivity contribution in [1.82, 2.24) is 30.0 Å². The Labute approximate surface area is 199 Å². The molecule has 1 aromatic carbocycles. The number of guanidine groups is 1. The smallest absolute Gasteiger partial charge is 0.216 e. The van der Waals surface area contributed by atoms with Crippen LogP contribution in [0, 0.1) is 0 Å². The van der Waals surface area contributed by atoms with Gasteiger partial charge in [0.05, 0.1) is 12.3 Å². The molecule has 0 unspecified atom stereocenters. The highest BCUT2D eigenvalue weighted by molar-refractivity contribution is 14.0. The van der Waals surface area contributed by atoms with E-state index in [4.69, 9.17) is 0 Å². The fraction of sp³-hybridized carbons (Fsp3) is 0.350. The third-order valence-corrected chi connectivity index (χ3v) is 5.82. The maximum atomic E-state index is 12.0. The first kappa shape index (κ1) is 25.0. The second-order valence-corrected chi connectivity index (χ2v) is 8.93. The van der Waals surface area contributed by atoms with Crippen molar-refractivity contribution in [1.29, 1.82) is 0 Å². The number of fused-ring (bicyclic) bond motifs is 1. The summed E-state index contributed by atoms with van der Waals surface area (Å²) in [7, 11) is -1.63. The topological polar surface area (TPSA) is 113 Å². The predicted molar refractivity (Wildman–Crippen MR) is 133 cm³/mol. The van der Waals surface area contributed by atoms with Crippen LogP contribution < -0.4 is 15.4 Å². The number of benzene rings is 1. The van der Waals surface area contributed by atoms with Crippen molar-refractivity contribution in [2.45, 2.75) is 38.7 Å². The molecule has 3 rings (SSSR count). The molecule has 3 aromatic rings. The van der Waals surface area contributed by atoms with Crippen LogP contribution in [-0.2, 0) is 28.9 Å². The minimum absolute atomic E-state index is 0. The molecule has 0 aliphatic heterocycles. The number of aliphatic imine (C=N–C) groups is 1. The van der Waals surface area contributed by atoms with Gasteiger partial charge in [0, 0.05) is 25.8 Å². The zero-order valence-corrected chi connectivity index (χ0v) is 20.9. The van der Waals surface area contributed by atoms with Gasteiger partial charge in [-0.1, -0.05) is 30.3 Å². The van der Waals surface area contributed by atoms with Crippen molar-refractivity contribution < 1.29 is 8.42 Å². The summed E-state index contributed by atoms with van der Waals surface area (Å²) in [5.74, 6) is 1.39. The van der Waals surface area contributed by atoms with Crippen LogP contribution in [0.5, 0.6) is 0 Å². The summed E-state index contributed by atoms with van der Waals surface area (Å²) < 4.78 is 28.6. The maximum Gasteiger partial charge on any atom is 0.216 e. The fourth-order valence-electron chi connectivity index (χ4n) is 2.95. The van der Waals surface area contributed by atoms with E-state index in [1.807, 2.05) is 53.1 Å². The molecule has 3 N–H and O–H groups in total. The molecular formula is C20H28IN7O2S. The van der Waals surface area contributed by atoms with Gasteiger partial charge >= 0.3 is 0 Å². The molecule has 0 radical (unpaired) electrons. The minimum atomic E-state index is -3.33. The summed E-state index contributed by atoms with van der Waals surface area (Å²) in [6, 6.07) is 13.1. The Morgan fingerprint density at radius 3 is 2.39 bits per heavy atom. The first-order valence-electron chi connectivity index (χ1n) is 9.67. The van der Waals surface area contributed by atoms with Crippen molar-refractivity contribution in [3.63, 3.8) is 0 Å². The van der Waals surface area contributed by atoms with Crippen molar-refractivity contribution in [2.24, 2.45) is 4.99 Å². The zero-order chi connectivity index (χ0) is 21.6. The average Bonchev–Trinajstić information content (AvgIpc) is 3.11. The summed E-state index contributed by atoms with van der Waals surface area (Å²) in [5, 5.41) is 14.8. The van der Waals surface area contributed by atoms with Gasteiger partial charge in [-0.3, -0.25) is 9.39 Å². The number of pyridine rings is 1. The standard InChI is InChI=1S/C20H27N7O2S.HI/c1-15(2)26-30(28,29)14-17-9-7-16(8-10-17)12-22-20(21-3)23-13-19-25-24-18-6-4-5-11-27(18)19;/h4-11,15,26H,12-14H2,1-3H3,(H2,21,22,23);1H. The molecular weight excluding hydrogens is 529 g/mol. The maximum absolute atomic E-state index is 12.0. The number of hydrogen-bond acceptors (Lipinski definition) is 5. The lowest BCUT2D eigenvalue weighted by atomic mass is 10.1. The summed E-state index contributed by atoms with van der Waals surface area (Å²) in [5.41, 5.74) is 2.56. The molecule has 2 aromatic heterocycles. The normalized spacial score (nSPS) is 12.1. The zero-order valence-electron chi connectivity index (χ0n) is 17.7. The van der Waals surface area contributed by atoms with E-state index in [-0.39, 0.29) is 35.8 Å². The van der Waals surface area contributed by atoms with Crippen LogP contribution in [0.2, 0.25) is 0 Å². The Kier molecular flexibility index (Phi) is 9.19. The molecule has 0 spiro atoms. The van der Waals surface area contributed by atoms with E-state index in [9.17, 15) is 8.42 Å². The second kappa shape index (κ2) is 11.4. The predicted octanol–water partition coefficient (Wildman–Crippen LogP) is 2.04. The molecule has 0 amide bonds. The van der Waals surface area contributed by atoms with Gasteiger partial charge in [-0.25, -0.2) is 13.1 Å². The van der Waals surface area contributed by atoms with Gasteiger partial charge < -0.3 is 10.6 Å². The number of nitrogens with one attached hydrogen (secondary N) is 3. The van der Waals surface area contributed by atoms with Gasteiger partial charge in [-0.05, 0) is 37.1 Å². The Morgan fingerprint density at radius 1 is 1.03 bits per heavy atom. The van der Waals surface area contributed by atoms with E-state index in [2.05, 4.69) is 30.5 Å². The van der Waals surface area contributed by atoms with Crippen LogP contribution >= 0.6 is 24.0 Å². The lowest BCUT2D eigenvalue weighted by molar-refractivity contribution is 0.569. The highest BCUT2D eigenvalue weighted by atomic mass is 127. The van der Waals surface area contributed by atoms with E-state index in [0.29, 0.717) is 19.0 Å². The van der Waals surface area contributed by atoms with E-state index < -0.39 is 10.0 Å². The molecule has 11 heteroatoms. The van der Waals surface area contributed by atoms with Crippen molar-refractivity contribution in [3.05, 3.63) is 65.6 Å². The highest BCUT2D eigenvalue weighted by Crippen LogP contribution is 2.08. The van der Waals surface area contributed by atoms with Crippen molar-refractivity contribution >= 4 is 45.6 Å². The first-order valence-corrected chi connectivity index (χ1v) is 11.3. The number of nitrogens with zero attached hydrogens (tertiary/aromatic N) is 4. The molecule has 0 saturated heterocycles. The number of sulfonamides is 1. The van der Waals surface area contributed by atoms with Gasteiger partial charge in [-0.2, -0.15) is 0 Å². The molecule has 168 valence electrons. The van der Waals surface area contributed by atoms with Gasteiger partial charge in [0.1, 0.15) is 0 Å². The molecule has 0 aliphatic carbocycles. The van der Waals surface area contributed by atoms with Crippen LogP contribution in [0.25, 0.3) is 5.65 Å². The van der Waals surface area contributed by atoms with E-state index >= 15 is 0 Å². The molecule has 0 saturated carbocycles. The largest absolute Gasteiger partial charge is 0.352 e. The highest BCUT2D eigenvalue weighted by Gasteiger charge is 2.13. The first-order chi connectivity index (χ1) is 14.4. The van der Waals surface area contributed by atoms with Gasteiger partial charge in [-0.15, -0.1) is 34.2 Å². The van der Waals surface area contributed by atoms with Gasteiger partial charge in [0.25, 0.3) is 0 Å². The Bertz CT molecular complexity index is 1110. The van der Waals surface area contributed by atoms with Crippen LogP contribution in [-0.4, -0.2) is 42.1 Å². The lowest BCUT2D eigenvalue weighted by Crippen LogP contribution is -2.36. The second-order valence-electron chi connectivity index (χ2n) is 7.17. The van der Waals surface area contributed by atoms with E-state index in [1.165, 1.54) is 0 Å². The van der Waals surface area contributed by atoms with Crippen LogP contribution in [0.3, 0.4) is 0 Å². The summed E-state index contributed by atoms with van der Waals surface area (Å²) in [6.45, 7) is 4.64. The van der Waals surface area contributed by atoms with Crippen molar-refractivity contribution in [2.75, 3.05) is 7.05 Å². The van der Waals surface area contributed by atoms with Crippen LogP contribution in [0.1, 0.15) is 30.8 Å². The third kappa shape index (κ3) is 7.43. The Balaban J connectivity index is 0.00000341. The number of rotatable bonds is 8. The molecule has 9 nitrogen and oxygen atoms in total. The number of aromatic nitrogens is 3. The Hall–Kier alpha value is -2.25. The quantitative estimate of drug-likeness (QED) is 0.222. The Morgan fingerprint density at radius 2 is 1.71 bits per heavy atom.